The molecule has 0 aliphatic carbocycles. The van der Waals surface area contributed by atoms with Gasteiger partial charge in [-0.15, -0.1) is 0 Å². The number of hydrogen-bond donors (Lipinski definition) is 1. The number of benzene rings is 1. The largest absolute Gasteiger partial charge is 0.349 e. The Hall–Kier alpha value is -1.59. The summed E-state index contributed by atoms with van der Waals surface area (Å²) in [6.45, 7) is 4.29. The van der Waals surface area contributed by atoms with E-state index in [4.69, 9.17) is 11.6 Å². The molecular formula is C16H19ClN2O2S. The molecule has 118 valence electrons. The number of carbonyl (C=O) groups is 1. The van der Waals surface area contributed by atoms with Crippen LogP contribution < -0.4 is 10.2 Å². The Morgan fingerprint density at radius 2 is 2.23 bits per heavy atom. The number of carbonyl (C=O) groups excluding carboxylic acids is 1. The zero-order valence-corrected chi connectivity index (χ0v) is 14.2. The fourth-order valence-corrected chi connectivity index (χ4v) is 3.26. The second-order valence-corrected chi connectivity index (χ2v) is 6.39. The Morgan fingerprint density at radius 1 is 1.45 bits per heavy atom. The first-order valence-corrected chi connectivity index (χ1v) is 8.46. The van der Waals surface area contributed by atoms with Crippen molar-refractivity contribution in [2.45, 2.75) is 39.3 Å². The third kappa shape index (κ3) is 4.21. The lowest BCUT2D eigenvalue weighted by Gasteiger charge is -2.18. The van der Waals surface area contributed by atoms with Crippen molar-refractivity contribution < 1.29 is 4.79 Å². The highest BCUT2D eigenvalue weighted by Crippen LogP contribution is 2.20. The highest BCUT2D eigenvalue weighted by Gasteiger charge is 2.13. The molecular weight excluding hydrogens is 320 g/mol. The third-order valence-corrected chi connectivity index (χ3v) is 4.65. The number of aromatic nitrogens is 1. The standard InChI is InChI=1S/C16H19ClN2O2S/c1-3-14(12-5-4-6-13(17)9-12)18-15(20)7-8-19-11(2)10-22-16(19)21/h4-6,9-10,14H,3,7-8H2,1-2H3,(H,18,20). The lowest BCUT2D eigenvalue weighted by Crippen LogP contribution is -2.29. The summed E-state index contributed by atoms with van der Waals surface area (Å²) in [7, 11) is 0. The Labute approximate surface area is 138 Å². The Balaban J connectivity index is 1.97. The molecule has 1 aromatic carbocycles. The van der Waals surface area contributed by atoms with Gasteiger partial charge in [0.25, 0.3) is 0 Å². The van der Waals surface area contributed by atoms with Crippen molar-refractivity contribution >= 4 is 28.8 Å². The van der Waals surface area contributed by atoms with Crippen molar-refractivity contribution in [2.24, 2.45) is 0 Å². The number of hydrogen-bond acceptors (Lipinski definition) is 3. The van der Waals surface area contributed by atoms with E-state index in [-0.39, 0.29) is 23.2 Å². The molecule has 2 aromatic rings. The zero-order chi connectivity index (χ0) is 16.1. The molecule has 6 heteroatoms. The van der Waals surface area contributed by atoms with Crippen LogP contribution in [0.4, 0.5) is 0 Å². The fourth-order valence-electron chi connectivity index (χ4n) is 2.30. The normalized spacial score (nSPS) is 12.1. The lowest BCUT2D eigenvalue weighted by molar-refractivity contribution is -0.122. The number of amides is 1. The van der Waals surface area contributed by atoms with Crippen molar-refractivity contribution in [2.75, 3.05) is 0 Å². The summed E-state index contributed by atoms with van der Waals surface area (Å²) in [5, 5.41) is 5.47. The van der Waals surface area contributed by atoms with Crippen LogP contribution in [0.2, 0.25) is 5.02 Å². The number of nitrogens with one attached hydrogen (secondary N) is 1. The van der Waals surface area contributed by atoms with Crippen molar-refractivity contribution in [3.8, 4) is 0 Å². The first-order chi connectivity index (χ1) is 10.5. The van der Waals surface area contributed by atoms with Crippen LogP contribution in [-0.4, -0.2) is 10.5 Å². The smallest absolute Gasteiger partial charge is 0.307 e. The maximum atomic E-state index is 12.1. The molecule has 0 saturated carbocycles. The average molecular weight is 339 g/mol. The molecule has 0 aliphatic rings. The molecule has 0 spiro atoms. The van der Waals surface area contributed by atoms with Gasteiger partial charge in [0.05, 0.1) is 6.04 Å². The first-order valence-electron chi connectivity index (χ1n) is 7.21. The van der Waals surface area contributed by atoms with Crippen LogP contribution in [-0.2, 0) is 11.3 Å². The van der Waals surface area contributed by atoms with E-state index in [0.717, 1.165) is 29.0 Å². The maximum Gasteiger partial charge on any atom is 0.307 e. The predicted octanol–water partition coefficient (Wildman–Crippen LogP) is 3.53. The van der Waals surface area contributed by atoms with Crippen LogP contribution >= 0.6 is 22.9 Å². The molecule has 22 heavy (non-hydrogen) atoms. The molecule has 1 unspecified atom stereocenters. The van der Waals surface area contributed by atoms with Gasteiger partial charge in [-0.25, -0.2) is 0 Å². The quantitative estimate of drug-likeness (QED) is 0.876. The average Bonchev–Trinajstić information content (AvgIpc) is 2.81. The molecule has 0 bridgehead atoms. The van der Waals surface area contributed by atoms with Gasteiger partial charge in [-0.2, -0.15) is 0 Å². The molecule has 4 nitrogen and oxygen atoms in total. The summed E-state index contributed by atoms with van der Waals surface area (Å²) in [4.78, 5) is 23.7. The molecule has 1 heterocycles. The molecule has 0 saturated heterocycles. The van der Waals surface area contributed by atoms with E-state index < -0.39 is 0 Å². The first kappa shape index (κ1) is 16.8. The Morgan fingerprint density at radius 3 is 2.82 bits per heavy atom. The predicted molar refractivity (Wildman–Crippen MR) is 90.6 cm³/mol. The molecule has 1 atom stereocenters. The van der Waals surface area contributed by atoms with Crippen LogP contribution in [0.1, 0.15) is 37.1 Å². The van der Waals surface area contributed by atoms with Gasteiger partial charge in [-0.05, 0) is 31.0 Å². The van der Waals surface area contributed by atoms with Gasteiger partial charge < -0.3 is 9.88 Å². The van der Waals surface area contributed by atoms with E-state index in [1.165, 1.54) is 0 Å². The van der Waals surface area contributed by atoms with Gasteiger partial charge in [0.15, 0.2) is 0 Å². The van der Waals surface area contributed by atoms with E-state index in [0.29, 0.717) is 11.6 Å². The number of thiazole rings is 1. The molecule has 1 aromatic heterocycles. The third-order valence-electron chi connectivity index (χ3n) is 3.53. The van der Waals surface area contributed by atoms with Gasteiger partial charge in [-0.1, -0.05) is 42.0 Å². The highest BCUT2D eigenvalue weighted by atomic mass is 35.5. The van der Waals surface area contributed by atoms with E-state index >= 15 is 0 Å². The van der Waals surface area contributed by atoms with E-state index in [1.807, 2.05) is 38.1 Å². The van der Waals surface area contributed by atoms with Gasteiger partial charge >= 0.3 is 4.87 Å². The fraction of sp³-hybridized carbons (Fsp3) is 0.375. The summed E-state index contributed by atoms with van der Waals surface area (Å²) in [6.07, 6.45) is 1.07. The number of nitrogens with zero attached hydrogens (tertiary/aromatic N) is 1. The van der Waals surface area contributed by atoms with E-state index in [1.54, 1.807) is 9.95 Å². The monoisotopic (exact) mass is 338 g/mol. The summed E-state index contributed by atoms with van der Waals surface area (Å²) >= 11 is 7.16. The van der Waals surface area contributed by atoms with Gasteiger partial charge in [0.2, 0.25) is 5.91 Å². The molecule has 2 rings (SSSR count). The van der Waals surface area contributed by atoms with Crippen LogP contribution in [0.5, 0.6) is 0 Å². The summed E-state index contributed by atoms with van der Waals surface area (Å²) < 4.78 is 1.63. The molecule has 1 N–H and O–H groups in total. The van der Waals surface area contributed by atoms with Crippen molar-refractivity contribution in [1.82, 2.24) is 9.88 Å². The van der Waals surface area contributed by atoms with Crippen molar-refractivity contribution in [3.05, 3.63) is 55.6 Å². The Bertz CT molecular complexity index is 708. The molecule has 0 fully saturated rings. The summed E-state index contributed by atoms with van der Waals surface area (Å²) in [5.41, 5.74) is 1.89. The second-order valence-electron chi connectivity index (χ2n) is 5.13. The van der Waals surface area contributed by atoms with Crippen LogP contribution in [0.25, 0.3) is 0 Å². The second kappa shape index (κ2) is 7.61. The number of rotatable bonds is 6. The van der Waals surface area contributed by atoms with E-state index in [9.17, 15) is 9.59 Å². The van der Waals surface area contributed by atoms with E-state index in [2.05, 4.69) is 5.32 Å². The van der Waals surface area contributed by atoms with Gasteiger partial charge in [-0.3, -0.25) is 9.59 Å². The Kier molecular flexibility index (Phi) is 5.80. The minimum atomic E-state index is -0.0654. The van der Waals surface area contributed by atoms with Crippen molar-refractivity contribution in [3.63, 3.8) is 0 Å². The molecule has 0 radical (unpaired) electrons. The number of aryl methyl sites for hydroxylation is 1. The SMILES string of the molecule is CCC(NC(=O)CCn1c(C)csc1=O)c1cccc(Cl)c1. The summed E-state index contributed by atoms with van der Waals surface area (Å²) in [5.74, 6) is -0.0654. The minimum absolute atomic E-state index is 0.0211. The molecule has 0 aliphatic heterocycles. The number of halogens is 1. The van der Waals surface area contributed by atoms with Gasteiger partial charge in [0.1, 0.15) is 0 Å². The van der Waals surface area contributed by atoms with Crippen LogP contribution in [0.15, 0.2) is 34.4 Å². The topological polar surface area (TPSA) is 51.1 Å². The lowest BCUT2D eigenvalue weighted by atomic mass is 10.0. The van der Waals surface area contributed by atoms with Crippen molar-refractivity contribution in [1.29, 1.82) is 0 Å². The summed E-state index contributed by atoms with van der Waals surface area (Å²) in [6, 6.07) is 7.44. The van der Waals surface area contributed by atoms with Gasteiger partial charge in [0, 0.05) is 29.1 Å². The van der Waals surface area contributed by atoms with Crippen LogP contribution in [0.3, 0.4) is 0 Å². The molecule has 1 amide bonds. The minimum Gasteiger partial charge on any atom is -0.349 e. The van der Waals surface area contributed by atoms with Crippen LogP contribution in [0, 0.1) is 6.92 Å². The zero-order valence-electron chi connectivity index (χ0n) is 12.6. The highest BCUT2D eigenvalue weighted by molar-refractivity contribution is 7.07. The maximum absolute atomic E-state index is 12.1.